The van der Waals surface area contributed by atoms with Gasteiger partial charge in [-0.1, -0.05) is 23.2 Å². The molecule has 0 spiro atoms. The average Bonchev–Trinajstić information content (AvgIpc) is 2.93. The molecule has 22 heavy (non-hydrogen) atoms. The summed E-state index contributed by atoms with van der Waals surface area (Å²) in [6, 6.07) is 5.07. The number of methoxy groups -OCH3 is 1. The number of halogens is 2. The van der Waals surface area contributed by atoms with Crippen LogP contribution < -0.4 is 0 Å². The number of aliphatic hydroxyl groups excluding tert-OH is 1. The molecule has 0 amide bonds. The molecule has 1 aromatic carbocycles. The lowest BCUT2D eigenvalue weighted by molar-refractivity contribution is 0.121. The van der Waals surface area contributed by atoms with Gasteiger partial charge >= 0.3 is 0 Å². The minimum atomic E-state index is 0.0493. The van der Waals surface area contributed by atoms with E-state index in [0.717, 1.165) is 0 Å². The highest BCUT2D eigenvalue weighted by atomic mass is 35.5. The van der Waals surface area contributed by atoms with Crippen molar-refractivity contribution >= 4 is 23.2 Å². The van der Waals surface area contributed by atoms with Crippen LogP contribution in [0.25, 0.3) is 11.5 Å². The minimum Gasteiger partial charge on any atom is -0.419 e. The van der Waals surface area contributed by atoms with Gasteiger partial charge in [-0.3, -0.25) is 4.90 Å². The van der Waals surface area contributed by atoms with Gasteiger partial charge in [-0.05, 0) is 18.2 Å². The van der Waals surface area contributed by atoms with Gasteiger partial charge in [0.15, 0.2) is 0 Å². The second-order valence-electron chi connectivity index (χ2n) is 4.62. The van der Waals surface area contributed by atoms with E-state index >= 15 is 0 Å². The van der Waals surface area contributed by atoms with Gasteiger partial charge < -0.3 is 14.3 Å². The molecule has 8 heteroatoms. The summed E-state index contributed by atoms with van der Waals surface area (Å²) in [5.74, 6) is 0.790. The molecule has 2 aromatic rings. The highest BCUT2D eigenvalue weighted by Crippen LogP contribution is 2.29. The highest BCUT2D eigenvalue weighted by molar-refractivity contribution is 6.36. The standard InChI is InChI=1S/C14H17Cl2N3O3/c1-21-7-5-19(4-6-20)9-13-17-18-14(22-13)11-3-2-10(15)8-12(11)16/h2-3,8,20H,4-7,9H2,1H3. The zero-order valence-corrected chi connectivity index (χ0v) is 13.6. The third-order valence-electron chi connectivity index (χ3n) is 3.02. The first-order valence-electron chi connectivity index (χ1n) is 6.74. The summed E-state index contributed by atoms with van der Waals surface area (Å²) < 4.78 is 10.7. The van der Waals surface area contributed by atoms with Gasteiger partial charge in [0.2, 0.25) is 11.8 Å². The van der Waals surface area contributed by atoms with Crippen LogP contribution >= 0.6 is 23.2 Å². The van der Waals surface area contributed by atoms with Crippen molar-refractivity contribution in [3.05, 3.63) is 34.1 Å². The predicted molar refractivity (Wildman–Crippen MR) is 84.0 cm³/mol. The Kier molecular flexibility index (Phi) is 6.60. The van der Waals surface area contributed by atoms with Crippen molar-refractivity contribution in [2.24, 2.45) is 0 Å². The fourth-order valence-corrected chi connectivity index (χ4v) is 2.40. The van der Waals surface area contributed by atoms with Gasteiger partial charge in [-0.15, -0.1) is 10.2 Å². The molecule has 1 aromatic heterocycles. The molecule has 2 rings (SSSR count). The summed E-state index contributed by atoms with van der Waals surface area (Å²) in [5.41, 5.74) is 0.635. The molecule has 0 aliphatic carbocycles. The van der Waals surface area contributed by atoms with Gasteiger partial charge in [0.05, 0.1) is 30.3 Å². The molecule has 0 bridgehead atoms. The van der Waals surface area contributed by atoms with E-state index in [9.17, 15) is 0 Å². The monoisotopic (exact) mass is 345 g/mol. The van der Waals surface area contributed by atoms with E-state index < -0.39 is 0 Å². The number of ether oxygens (including phenoxy) is 1. The first kappa shape index (κ1) is 17.2. The van der Waals surface area contributed by atoms with E-state index in [-0.39, 0.29) is 6.61 Å². The van der Waals surface area contributed by atoms with Crippen molar-refractivity contribution in [1.29, 1.82) is 0 Å². The molecule has 0 fully saturated rings. The Balaban J connectivity index is 2.09. The van der Waals surface area contributed by atoms with E-state index in [1.165, 1.54) is 0 Å². The number of benzene rings is 1. The zero-order valence-electron chi connectivity index (χ0n) is 12.1. The van der Waals surface area contributed by atoms with Gasteiger partial charge in [-0.25, -0.2) is 0 Å². The van der Waals surface area contributed by atoms with Crippen molar-refractivity contribution in [2.45, 2.75) is 6.54 Å². The molecule has 0 saturated heterocycles. The molecule has 6 nitrogen and oxygen atoms in total. The van der Waals surface area contributed by atoms with E-state index in [4.69, 9.17) is 37.5 Å². The summed E-state index contributed by atoms with van der Waals surface area (Å²) in [4.78, 5) is 1.96. The molecular formula is C14H17Cl2N3O3. The molecular weight excluding hydrogens is 329 g/mol. The smallest absolute Gasteiger partial charge is 0.249 e. The second-order valence-corrected chi connectivity index (χ2v) is 5.46. The summed E-state index contributed by atoms with van der Waals surface area (Å²) in [7, 11) is 1.63. The lowest BCUT2D eigenvalue weighted by Gasteiger charge is -2.18. The zero-order chi connectivity index (χ0) is 15.9. The Morgan fingerprint density at radius 3 is 2.77 bits per heavy atom. The largest absolute Gasteiger partial charge is 0.419 e. The molecule has 0 unspecified atom stereocenters. The first-order valence-corrected chi connectivity index (χ1v) is 7.49. The van der Waals surface area contributed by atoms with E-state index in [1.807, 2.05) is 4.90 Å². The fourth-order valence-electron chi connectivity index (χ4n) is 1.91. The highest BCUT2D eigenvalue weighted by Gasteiger charge is 2.14. The normalized spacial score (nSPS) is 11.3. The van der Waals surface area contributed by atoms with Gasteiger partial charge in [-0.2, -0.15) is 0 Å². The molecule has 120 valence electrons. The van der Waals surface area contributed by atoms with Crippen LogP contribution in [0.5, 0.6) is 0 Å². The minimum absolute atomic E-state index is 0.0493. The number of hydrogen-bond donors (Lipinski definition) is 1. The Bertz CT molecular complexity index is 607. The summed E-state index contributed by atoms with van der Waals surface area (Å²) >= 11 is 12.0. The molecule has 0 atom stereocenters. The maximum absolute atomic E-state index is 9.08. The number of rotatable bonds is 8. The predicted octanol–water partition coefficient (Wildman–Crippen LogP) is 2.48. The Morgan fingerprint density at radius 2 is 2.09 bits per heavy atom. The third kappa shape index (κ3) is 4.66. The average molecular weight is 346 g/mol. The lowest BCUT2D eigenvalue weighted by atomic mass is 10.2. The fraction of sp³-hybridized carbons (Fsp3) is 0.429. The maximum atomic E-state index is 9.08. The maximum Gasteiger partial charge on any atom is 0.249 e. The number of aliphatic hydroxyl groups is 1. The lowest BCUT2D eigenvalue weighted by Crippen LogP contribution is -2.30. The van der Waals surface area contributed by atoms with Crippen LogP contribution in [0.4, 0.5) is 0 Å². The van der Waals surface area contributed by atoms with Crippen molar-refractivity contribution in [3.8, 4) is 11.5 Å². The Morgan fingerprint density at radius 1 is 1.27 bits per heavy atom. The van der Waals surface area contributed by atoms with Gasteiger partial charge in [0.25, 0.3) is 0 Å². The van der Waals surface area contributed by atoms with Crippen molar-refractivity contribution in [2.75, 3.05) is 33.4 Å². The van der Waals surface area contributed by atoms with Crippen LogP contribution in [-0.2, 0) is 11.3 Å². The van der Waals surface area contributed by atoms with E-state index in [0.29, 0.717) is 53.6 Å². The first-order chi connectivity index (χ1) is 10.6. The number of hydrogen-bond acceptors (Lipinski definition) is 6. The topological polar surface area (TPSA) is 71.6 Å². The van der Waals surface area contributed by atoms with Crippen LogP contribution in [0, 0.1) is 0 Å². The summed E-state index contributed by atoms with van der Waals surface area (Å²) in [5, 5.41) is 18.1. The molecule has 0 aliphatic heterocycles. The molecule has 1 N–H and O–H groups in total. The van der Waals surface area contributed by atoms with Crippen molar-refractivity contribution < 1.29 is 14.3 Å². The van der Waals surface area contributed by atoms with Gasteiger partial charge in [0, 0.05) is 25.2 Å². The van der Waals surface area contributed by atoms with Crippen LogP contribution in [-0.4, -0.2) is 53.6 Å². The van der Waals surface area contributed by atoms with E-state index in [1.54, 1.807) is 25.3 Å². The summed E-state index contributed by atoms with van der Waals surface area (Å²) in [6.45, 7) is 2.21. The number of aromatic nitrogens is 2. The molecule has 0 aliphatic rings. The Labute approximate surface area is 138 Å². The quantitative estimate of drug-likeness (QED) is 0.792. The SMILES string of the molecule is COCCN(CCO)Cc1nnc(-c2ccc(Cl)cc2Cl)o1. The molecule has 0 radical (unpaired) electrons. The third-order valence-corrected chi connectivity index (χ3v) is 3.56. The second kappa shape index (κ2) is 8.45. The number of nitrogens with zero attached hydrogens (tertiary/aromatic N) is 3. The summed E-state index contributed by atoms with van der Waals surface area (Å²) in [6.07, 6.45) is 0. The van der Waals surface area contributed by atoms with Crippen LogP contribution in [0.15, 0.2) is 22.6 Å². The van der Waals surface area contributed by atoms with Crippen LogP contribution in [0.3, 0.4) is 0 Å². The van der Waals surface area contributed by atoms with E-state index in [2.05, 4.69) is 10.2 Å². The van der Waals surface area contributed by atoms with Crippen molar-refractivity contribution in [3.63, 3.8) is 0 Å². The molecule has 0 saturated carbocycles. The van der Waals surface area contributed by atoms with Crippen molar-refractivity contribution in [1.82, 2.24) is 15.1 Å². The van der Waals surface area contributed by atoms with Crippen LogP contribution in [0.1, 0.15) is 5.89 Å². The van der Waals surface area contributed by atoms with Crippen LogP contribution in [0.2, 0.25) is 10.0 Å². The Hall–Kier alpha value is -1.18. The molecule has 1 heterocycles. The van der Waals surface area contributed by atoms with Gasteiger partial charge in [0.1, 0.15) is 0 Å².